The van der Waals surface area contributed by atoms with E-state index in [9.17, 15) is 23.2 Å². The molecule has 0 radical (unpaired) electrons. The minimum absolute atomic E-state index is 0.279. The van der Waals surface area contributed by atoms with Crippen molar-refractivity contribution >= 4 is 17.8 Å². The molecule has 1 heterocycles. The number of hydrogen-bond acceptors (Lipinski definition) is 3. The molecular weight excluding hydrogens is 344 g/mol. The summed E-state index contributed by atoms with van der Waals surface area (Å²) in [7, 11) is 0. The van der Waals surface area contributed by atoms with Crippen LogP contribution in [0.3, 0.4) is 0 Å². The van der Waals surface area contributed by atoms with E-state index in [0.29, 0.717) is 11.4 Å². The zero-order valence-electron chi connectivity index (χ0n) is 14.9. The van der Waals surface area contributed by atoms with E-state index in [4.69, 9.17) is 0 Å². The van der Waals surface area contributed by atoms with Crippen molar-refractivity contribution in [3.63, 3.8) is 0 Å². The largest absolute Gasteiger partial charge is 0.355 e. The van der Waals surface area contributed by atoms with Crippen molar-refractivity contribution in [3.05, 3.63) is 35.4 Å². The van der Waals surface area contributed by atoms with E-state index in [-0.39, 0.29) is 5.56 Å². The van der Waals surface area contributed by atoms with E-state index in [1.807, 2.05) is 0 Å². The molecule has 1 aliphatic rings. The van der Waals surface area contributed by atoms with Gasteiger partial charge in [0.15, 0.2) is 0 Å². The predicted octanol–water partition coefficient (Wildman–Crippen LogP) is 2.43. The van der Waals surface area contributed by atoms with Crippen LogP contribution in [0.5, 0.6) is 0 Å². The number of benzene rings is 1. The van der Waals surface area contributed by atoms with Crippen molar-refractivity contribution in [2.75, 3.05) is 13.1 Å². The number of unbranched alkanes of at least 4 members (excludes halogenated alkanes) is 3. The van der Waals surface area contributed by atoms with Crippen LogP contribution in [0.25, 0.3) is 0 Å². The fourth-order valence-corrected chi connectivity index (χ4v) is 2.88. The van der Waals surface area contributed by atoms with Crippen LogP contribution in [0, 0.1) is 11.6 Å². The van der Waals surface area contributed by atoms with E-state index in [0.717, 1.165) is 43.9 Å². The minimum atomic E-state index is -1.76. The highest BCUT2D eigenvalue weighted by Crippen LogP contribution is 2.31. The molecule has 1 aliphatic heterocycles. The monoisotopic (exact) mass is 367 g/mol. The van der Waals surface area contributed by atoms with Crippen molar-refractivity contribution in [1.29, 1.82) is 0 Å². The number of carbonyl (C=O) groups is 3. The number of hydrogen-bond donors (Lipinski definition) is 2. The summed E-state index contributed by atoms with van der Waals surface area (Å²) >= 11 is 0. The number of carbonyl (C=O) groups excluding carboxylic acids is 3. The van der Waals surface area contributed by atoms with Gasteiger partial charge in [-0.2, -0.15) is 0 Å². The summed E-state index contributed by atoms with van der Waals surface area (Å²) in [5.41, 5.74) is -2.04. The van der Waals surface area contributed by atoms with E-state index < -0.39 is 41.6 Å². The summed E-state index contributed by atoms with van der Waals surface area (Å²) in [6.07, 6.45) is 3.94. The summed E-state index contributed by atoms with van der Waals surface area (Å²) in [6.45, 7) is 3.35. The highest BCUT2D eigenvalue weighted by atomic mass is 19.1. The molecule has 0 unspecified atom stereocenters. The Bertz CT molecular complexity index is 711. The van der Waals surface area contributed by atoms with Gasteiger partial charge < -0.3 is 10.6 Å². The molecule has 2 rings (SSSR count). The third-order valence-electron chi connectivity index (χ3n) is 4.40. The lowest BCUT2D eigenvalue weighted by molar-refractivity contribution is -0.134. The van der Waals surface area contributed by atoms with Gasteiger partial charge in [-0.1, -0.05) is 26.2 Å². The summed E-state index contributed by atoms with van der Waals surface area (Å²) < 4.78 is 27.5. The Labute approximate surface area is 150 Å². The van der Waals surface area contributed by atoms with Crippen molar-refractivity contribution in [3.8, 4) is 0 Å². The second-order valence-corrected chi connectivity index (χ2v) is 6.48. The first kappa shape index (κ1) is 19.8. The highest BCUT2D eigenvalue weighted by molar-refractivity contribution is 6.09. The van der Waals surface area contributed by atoms with Gasteiger partial charge in [-0.05, 0) is 31.5 Å². The molecule has 0 spiro atoms. The van der Waals surface area contributed by atoms with E-state index >= 15 is 0 Å². The maximum Gasteiger partial charge on any atom is 0.325 e. The number of urea groups is 1. The predicted molar refractivity (Wildman–Crippen MR) is 91.1 cm³/mol. The number of nitrogens with one attached hydrogen (secondary N) is 2. The zero-order valence-corrected chi connectivity index (χ0v) is 14.9. The maximum absolute atomic E-state index is 14.1. The number of imide groups is 1. The van der Waals surface area contributed by atoms with E-state index in [1.54, 1.807) is 0 Å². The lowest BCUT2D eigenvalue weighted by Gasteiger charge is -2.22. The lowest BCUT2D eigenvalue weighted by atomic mass is 9.91. The molecule has 0 saturated carbocycles. The molecule has 0 bridgehead atoms. The van der Waals surface area contributed by atoms with E-state index in [1.165, 1.54) is 6.92 Å². The number of halogens is 2. The van der Waals surface area contributed by atoms with Crippen molar-refractivity contribution in [1.82, 2.24) is 15.5 Å². The molecule has 1 aromatic carbocycles. The van der Waals surface area contributed by atoms with Gasteiger partial charge in [0.1, 0.15) is 23.7 Å². The smallest absolute Gasteiger partial charge is 0.325 e. The first-order valence-corrected chi connectivity index (χ1v) is 8.66. The lowest BCUT2D eigenvalue weighted by Crippen LogP contribution is -2.43. The van der Waals surface area contributed by atoms with Gasteiger partial charge in [0.25, 0.3) is 5.91 Å². The van der Waals surface area contributed by atoms with Gasteiger partial charge in [-0.15, -0.1) is 0 Å². The molecule has 1 atom stereocenters. The highest BCUT2D eigenvalue weighted by Gasteiger charge is 2.50. The summed E-state index contributed by atoms with van der Waals surface area (Å²) in [5, 5.41) is 5.00. The fourth-order valence-electron chi connectivity index (χ4n) is 2.88. The number of amides is 4. The summed E-state index contributed by atoms with van der Waals surface area (Å²) in [4.78, 5) is 37.4. The van der Waals surface area contributed by atoms with Gasteiger partial charge >= 0.3 is 6.03 Å². The molecule has 142 valence electrons. The van der Waals surface area contributed by atoms with Crippen LogP contribution in [0.4, 0.5) is 13.6 Å². The van der Waals surface area contributed by atoms with Crippen molar-refractivity contribution < 1.29 is 23.2 Å². The van der Waals surface area contributed by atoms with Gasteiger partial charge in [-0.3, -0.25) is 14.5 Å². The fraction of sp³-hybridized carbons (Fsp3) is 0.500. The third-order valence-corrected chi connectivity index (χ3v) is 4.40. The molecule has 1 saturated heterocycles. The quantitative estimate of drug-likeness (QED) is 0.547. The molecule has 1 fully saturated rings. The topological polar surface area (TPSA) is 78.5 Å². The first-order valence-electron chi connectivity index (χ1n) is 8.66. The molecular formula is C18H23F2N3O3. The summed E-state index contributed by atoms with van der Waals surface area (Å²) in [5.74, 6) is -2.82. The SMILES string of the molecule is CCCCCCNC(=O)CN1C(=O)N[C@](C)(c2cc(F)ccc2F)C1=O. The van der Waals surface area contributed by atoms with Gasteiger partial charge in [0, 0.05) is 12.1 Å². The normalized spacial score (nSPS) is 19.6. The Morgan fingerprint density at radius 2 is 1.96 bits per heavy atom. The van der Waals surface area contributed by atoms with Crippen LogP contribution in [-0.2, 0) is 15.1 Å². The standard InChI is InChI=1S/C18H23F2N3O3/c1-3-4-5-6-9-21-15(24)11-23-16(25)18(2,22-17(23)26)13-10-12(19)7-8-14(13)20/h7-8,10H,3-6,9,11H2,1-2H3,(H,21,24)(H,22,26)/t18-/m1/s1. The van der Waals surface area contributed by atoms with Gasteiger partial charge in [-0.25, -0.2) is 13.6 Å². The molecule has 4 amide bonds. The molecule has 8 heteroatoms. The van der Waals surface area contributed by atoms with Crippen LogP contribution < -0.4 is 10.6 Å². The maximum atomic E-state index is 14.1. The zero-order chi connectivity index (χ0) is 19.3. The average Bonchev–Trinajstić information content (AvgIpc) is 2.81. The molecule has 0 aliphatic carbocycles. The molecule has 0 aromatic heterocycles. The van der Waals surface area contributed by atoms with Crippen LogP contribution in [-0.4, -0.2) is 35.8 Å². The van der Waals surface area contributed by atoms with Crippen LogP contribution >= 0.6 is 0 Å². The third kappa shape index (κ3) is 4.17. The van der Waals surface area contributed by atoms with Crippen LogP contribution in [0.2, 0.25) is 0 Å². The van der Waals surface area contributed by atoms with Crippen LogP contribution in [0.15, 0.2) is 18.2 Å². The van der Waals surface area contributed by atoms with Crippen molar-refractivity contribution in [2.45, 2.75) is 45.1 Å². The number of nitrogens with zero attached hydrogens (tertiary/aromatic N) is 1. The Morgan fingerprint density at radius 3 is 2.65 bits per heavy atom. The second-order valence-electron chi connectivity index (χ2n) is 6.48. The first-order chi connectivity index (χ1) is 12.3. The number of rotatable bonds is 8. The Morgan fingerprint density at radius 1 is 1.23 bits per heavy atom. The molecule has 1 aromatic rings. The van der Waals surface area contributed by atoms with Crippen molar-refractivity contribution in [2.24, 2.45) is 0 Å². The Kier molecular flexibility index (Phi) is 6.28. The second kappa shape index (κ2) is 8.25. The summed E-state index contributed by atoms with van der Waals surface area (Å²) in [6, 6.07) is 1.86. The van der Waals surface area contributed by atoms with E-state index in [2.05, 4.69) is 17.6 Å². The van der Waals surface area contributed by atoms with Crippen LogP contribution in [0.1, 0.15) is 45.1 Å². The molecule has 2 N–H and O–H groups in total. The van der Waals surface area contributed by atoms with Gasteiger partial charge in [0.05, 0.1) is 0 Å². The van der Waals surface area contributed by atoms with Gasteiger partial charge in [0.2, 0.25) is 5.91 Å². The average molecular weight is 367 g/mol. The Hall–Kier alpha value is -2.51. The Balaban J connectivity index is 2.04. The molecule has 6 nitrogen and oxygen atoms in total. The molecule has 26 heavy (non-hydrogen) atoms. The minimum Gasteiger partial charge on any atom is -0.355 e.